The molecule has 30 heavy (non-hydrogen) atoms. The van der Waals surface area contributed by atoms with Gasteiger partial charge in [-0.25, -0.2) is 5.01 Å². The van der Waals surface area contributed by atoms with Crippen LogP contribution >= 0.6 is 0 Å². The minimum Gasteiger partial charge on any atom is -0.357 e. The van der Waals surface area contributed by atoms with Crippen LogP contribution in [0.4, 0.5) is 5.69 Å². The Hall–Kier alpha value is -3.23. The van der Waals surface area contributed by atoms with E-state index in [0.717, 1.165) is 17.5 Å². The van der Waals surface area contributed by atoms with E-state index in [4.69, 9.17) is 0 Å². The van der Waals surface area contributed by atoms with E-state index in [-0.39, 0.29) is 42.8 Å². The average Bonchev–Trinajstić information content (AvgIpc) is 3.23. The molecule has 0 spiro atoms. The molecule has 1 saturated heterocycles. The third kappa shape index (κ3) is 4.50. The Bertz CT molecular complexity index is 911. The molecular weight excluding hydrogens is 386 g/mol. The van der Waals surface area contributed by atoms with Gasteiger partial charge < -0.3 is 15.5 Å². The lowest BCUT2D eigenvalue weighted by Crippen LogP contribution is -2.49. The summed E-state index contributed by atoms with van der Waals surface area (Å²) >= 11 is 0. The van der Waals surface area contributed by atoms with Crippen molar-refractivity contribution in [1.29, 1.82) is 0 Å². The number of carbonyl (C=O) groups is 4. The number of anilines is 1. The van der Waals surface area contributed by atoms with Gasteiger partial charge in [0.15, 0.2) is 0 Å². The van der Waals surface area contributed by atoms with Crippen molar-refractivity contribution in [3.63, 3.8) is 0 Å². The topological polar surface area (TPSA) is 111 Å². The number of nitrogens with zero attached hydrogens (tertiary/aromatic N) is 3. The molecule has 1 fully saturated rings. The van der Waals surface area contributed by atoms with Crippen molar-refractivity contribution in [2.75, 3.05) is 25.1 Å². The zero-order valence-electron chi connectivity index (χ0n) is 17.5. The van der Waals surface area contributed by atoms with E-state index in [1.807, 2.05) is 32.0 Å². The number of rotatable bonds is 5. The fourth-order valence-corrected chi connectivity index (χ4v) is 3.72. The number of amides is 4. The second-order valence-electron chi connectivity index (χ2n) is 7.58. The second-order valence-corrected chi connectivity index (χ2v) is 7.58. The lowest BCUT2D eigenvalue weighted by molar-refractivity contribution is -0.138. The monoisotopic (exact) mass is 413 g/mol. The van der Waals surface area contributed by atoms with Crippen molar-refractivity contribution in [2.24, 2.45) is 5.10 Å². The van der Waals surface area contributed by atoms with Crippen LogP contribution < -0.4 is 15.6 Å². The number of hydrogen-bond donors (Lipinski definition) is 2. The molecule has 9 heteroatoms. The van der Waals surface area contributed by atoms with E-state index in [0.29, 0.717) is 18.7 Å². The predicted molar refractivity (Wildman–Crippen MR) is 112 cm³/mol. The van der Waals surface area contributed by atoms with E-state index >= 15 is 0 Å². The van der Waals surface area contributed by atoms with Crippen molar-refractivity contribution in [2.45, 2.75) is 45.6 Å². The van der Waals surface area contributed by atoms with Crippen LogP contribution in [0.3, 0.4) is 0 Å². The van der Waals surface area contributed by atoms with E-state index in [2.05, 4.69) is 15.7 Å². The molecule has 160 valence electrons. The van der Waals surface area contributed by atoms with Gasteiger partial charge in [0.25, 0.3) is 5.91 Å². The number of hydrogen-bond acceptors (Lipinski definition) is 5. The molecule has 1 aromatic carbocycles. The van der Waals surface area contributed by atoms with Gasteiger partial charge in [-0.05, 0) is 43.9 Å². The molecule has 2 N–H and O–H groups in total. The number of benzene rings is 1. The van der Waals surface area contributed by atoms with Gasteiger partial charge in [0.2, 0.25) is 17.7 Å². The van der Waals surface area contributed by atoms with Gasteiger partial charge in [-0.2, -0.15) is 5.10 Å². The first-order valence-corrected chi connectivity index (χ1v) is 10.1. The Morgan fingerprint density at radius 1 is 1.20 bits per heavy atom. The van der Waals surface area contributed by atoms with Crippen LogP contribution in [0.25, 0.3) is 0 Å². The van der Waals surface area contributed by atoms with Gasteiger partial charge in [0, 0.05) is 26.4 Å². The molecule has 9 nitrogen and oxygen atoms in total. The summed E-state index contributed by atoms with van der Waals surface area (Å²) in [5.41, 5.74) is 2.71. The fourth-order valence-electron chi connectivity index (χ4n) is 3.72. The molecule has 0 aliphatic carbocycles. The third-order valence-electron chi connectivity index (χ3n) is 5.41. The van der Waals surface area contributed by atoms with Gasteiger partial charge >= 0.3 is 0 Å². The summed E-state index contributed by atoms with van der Waals surface area (Å²) in [6.45, 7) is 4.07. The fraction of sp³-hybridized carbons (Fsp3) is 0.476. The van der Waals surface area contributed by atoms with Crippen molar-refractivity contribution < 1.29 is 19.2 Å². The molecule has 1 unspecified atom stereocenters. The van der Waals surface area contributed by atoms with Crippen LogP contribution in [-0.2, 0) is 19.2 Å². The molecule has 1 atom stereocenters. The summed E-state index contributed by atoms with van der Waals surface area (Å²) < 4.78 is 0. The molecular formula is C21H27N5O4. The highest BCUT2D eigenvalue weighted by molar-refractivity contribution is 6.40. The van der Waals surface area contributed by atoms with Crippen molar-refractivity contribution in [3.05, 3.63) is 29.3 Å². The maximum absolute atomic E-state index is 12.6. The van der Waals surface area contributed by atoms with Crippen LogP contribution in [0.5, 0.6) is 0 Å². The SMILES string of the molecule is CNC(=O)C1CCCN1C(=O)CNC(=O)C1=NN(c2cc(C)ccc2C)C(=O)CC1. The summed E-state index contributed by atoms with van der Waals surface area (Å²) in [6.07, 6.45) is 1.74. The van der Waals surface area contributed by atoms with Crippen LogP contribution in [0.1, 0.15) is 36.8 Å². The highest BCUT2D eigenvalue weighted by Crippen LogP contribution is 2.25. The standard InChI is InChI=1S/C21H27N5O4/c1-13-6-7-14(2)17(11-13)26-18(27)9-8-15(24-26)20(29)23-12-19(28)25-10-4-5-16(25)21(30)22-3/h6-7,11,16H,4-5,8-10,12H2,1-3H3,(H,22,30)(H,23,29). The first-order chi connectivity index (χ1) is 14.3. The molecule has 2 heterocycles. The van der Waals surface area contributed by atoms with Gasteiger partial charge in [-0.1, -0.05) is 12.1 Å². The Morgan fingerprint density at radius 3 is 2.70 bits per heavy atom. The third-order valence-corrected chi connectivity index (χ3v) is 5.41. The highest BCUT2D eigenvalue weighted by atomic mass is 16.2. The first-order valence-electron chi connectivity index (χ1n) is 10.1. The molecule has 0 radical (unpaired) electrons. The molecule has 3 rings (SSSR count). The Kier molecular flexibility index (Phi) is 6.49. The summed E-state index contributed by atoms with van der Waals surface area (Å²) in [5.74, 6) is -1.18. The maximum Gasteiger partial charge on any atom is 0.267 e. The second kappa shape index (κ2) is 9.06. The normalized spacial score (nSPS) is 18.8. The van der Waals surface area contributed by atoms with E-state index in [1.165, 1.54) is 17.0 Å². The first kappa shape index (κ1) is 21.5. The Labute approximate surface area is 175 Å². The maximum atomic E-state index is 12.6. The predicted octanol–water partition coefficient (Wildman–Crippen LogP) is 0.639. The van der Waals surface area contributed by atoms with E-state index in [9.17, 15) is 19.2 Å². The minimum atomic E-state index is -0.496. The number of likely N-dealkylation sites (N-methyl/N-ethyl adjacent to an activating group) is 1. The largest absolute Gasteiger partial charge is 0.357 e. The van der Waals surface area contributed by atoms with Gasteiger partial charge in [0.1, 0.15) is 11.8 Å². The number of carbonyl (C=O) groups excluding carboxylic acids is 4. The van der Waals surface area contributed by atoms with E-state index in [1.54, 1.807) is 0 Å². The van der Waals surface area contributed by atoms with Crippen LogP contribution in [0.2, 0.25) is 0 Å². The van der Waals surface area contributed by atoms with Crippen LogP contribution in [0.15, 0.2) is 23.3 Å². The lowest BCUT2D eigenvalue weighted by atomic mass is 10.1. The van der Waals surface area contributed by atoms with Gasteiger partial charge in [-0.3, -0.25) is 19.2 Å². The zero-order valence-corrected chi connectivity index (χ0v) is 17.5. The van der Waals surface area contributed by atoms with E-state index < -0.39 is 11.9 Å². The quantitative estimate of drug-likeness (QED) is 0.738. The molecule has 2 aliphatic rings. The lowest BCUT2D eigenvalue weighted by Gasteiger charge is -2.25. The minimum absolute atomic E-state index is 0.165. The molecule has 1 aromatic rings. The molecule has 0 bridgehead atoms. The number of likely N-dealkylation sites (tertiary alicyclic amines) is 1. The molecule has 0 aromatic heterocycles. The van der Waals surface area contributed by atoms with Crippen LogP contribution in [-0.4, -0.2) is 60.4 Å². The van der Waals surface area contributed by atoms with Gasteiger partial charge in [-0.15, -0.1) is 0 Å². The Morgan fingerprint density at radius 2 is 1.97 bits per heavy atom. The number of aryl methyl sites for hydroxylation is 2. The summed E-state index contributed by atoms with van der Waals surface area (Å²) in [4.78, 5) is 50.9. The van der Waals surface area contributed by atoms with Crippen LogP contribution in [0, 0.1) is 13.8 Å². The Balaban J connectivity index is 1.67. The molecule has 0 saturated carbocycles. The van der Waals surface area contributed by atoms with Crippen molar-refractivity contribution in [1.82, 2.24) is 15.5 Å². The average molecular weight is 413 g/mol. The smallest absolute Gasteiger partial charge is 0.267 e. The van der Waals surface area contributed by atoms with Gasteiger partial charge in [0.05, 0.1) is 12.2 Å². The molecule has 4 amide bonds. The number of hydrazone groups is 1. The summed E-state index contributed by atoms with van der Waals surface area (Å²) in [5, 5.41) is 10.7. The van der Waals surface area contributed by atoms with Crippen molar-refractivity contribution >= 4 is 35.0 Å². The summed E-state index contributed by atoms with van der Waals surface area (Å²) in [6, 6.07) is 5.21. The van der Waals surface area contributed by atoms with Crippen molar-refractivity contribution in [3.8, 4) is 0 Å². The highest BCUT2D eigenvalue weighted by Gasteiger charge is 2.34. The number of nitrogens with one attached hydrogen (secondary N) is 2. The molecule has 2 aliphatic heterocycles. The zero-order chi connectivity index (χ0) is 21.8. The summed E-state index contributed by atoms with van der Waals surface area (Å²) in [7, 11) is 1.54.